The van der Waals surface area contributed by atoms with E-state index in [0.717, 1.165) is 21.5 Å². The summed E-state index contributed by atoms with van der Waals surface area (Å²) in [5, 5.41) is 5.77. The van der Waals surface area contributed by atoms with Crippen molar-refractivity contribution >= 4 is 33.0 Å². The number of aromatic nitrogens is 2. The Morgan fingerprint density at radius 3 is 2.69 bits per heavy atom. The number of halogens is 1. The average molecular weight is 439 g/mol. The predicted molar refractivity (Wildman–Crippen MR) is 107 cm³/mol. The van der Waals surface area contributed by atoms with Crippen LogP contribution in [-0.2, 0) is 21.4 Å². The van der Waals surface area contributed by atoms with Crippen molar-refractivity contribution in [3.8, 4) is 10.7 Å². The first kappa shape index (κ1) is 20.9. The molecule has 8 nitrogen and oxygen atoms in total. The zero-order valence-electron chi connectivity index (χ0n) is 15.9. The van der Waals surface area contributed by atoms with Gasteiger partial charge in [0, 0.05) is 7.05 Å². The third kappa shape index (κ3) is 4.80. The molecule has 1 atom stereocenters. The number of carbonyl (C=O) groups is 1. The molecule has 0 fully saturated rings. The van der Waals surface area contributed by atoms with Crippen LogP contribution >= 0.6 is 11.3 Å². The fourth-order valence-corrected chi connectivity index (χ4v) is 4.65. The summed E-state index contributed by atoms with van der Waals surface area (Å²) in [6, 6.07) is 7.68. The van der Waals surface area contributed by atoms with E-state index in [1.54, 1.807) is 0 Å². The van der Waals surface area contributed by atoms with Crippen LogP contribution in [0.4, 0.5) is 10.1 Å². The van der Waals surface area contributed by atoms with Crippen LogP contribution in [0.25, 0.3) is 10.7 Å². The first-order chi connectivity index (χ1) is 13.7. The molecule has 0 N–H and O–H groups in total. The van der Waals surface area contributed by atoms with Gasteiger partial charge >= 0.3 is 0 Å². The van der Waals surface area contributed by atoms with Crippen molar-refractivity contribution in [2.75, 3.05) is 17.6 Å². The summed E-state index contributed by atoms with van der Waals surface area (Å²) in [6.45, 7) is 1.44. The Bertz CT molecular complexity index is 1100. The van der Waals surface area contributed by atoms with Crippen molar-refractivity contribution in [2.45, 2.75) is 19.5 Å². The van der Waals surface area contributed by atoms with Crippen molar-refractivity contribution in [3.05, 3.63) is 53.5 Å². The maximum Gasteiger partial charge on any atom is 0.246 e. The lowest BCUT2D eigenvalue weighted by Crippen LogP contribution is -2.48. The zero-order chi connectivity index (χ0) is 21.2. The maximum absolute atomic E-state index is 13.6. The van der Waals surface area contributed by atoms with Gasteiger partial charge in [0.25, 0.3) is 0 Å². The number of sulfonamides is 1. The third-order valence-corrected chi connectivity index (χ3v) is 6.19. The lowest BCUT2D eigenvalue weighted by Gasteiger charge is -2.30. The van der Waals surface area contributed by atoms with Gasteiger partial charge in [-0.15, -0.1) is 11.3 Å². The maximum atomic E-state index is 13.6. The van der Waals surface area contributed by atoms with Crippen molar-refractivity contribution < 1.29 is 22.1 Å². The molecule has 154 valence electrons. The molecule has 11 heteroatoms. The van der Waals surface area contributed by atoms with Gasteiger partial charge < -0.3 is 9.42 Å². The molecule has 2 heterocycles. The van der Waals surface area contributed by atoms with Gasteiger partial charge in [-0.25, -0.2) is 12.8 Å². The lowest BCUT2D eigenvalue weighted by atomic mass is 10.2. The zero-order valence-corrected chi connectivity index (χ0v) is 17.6. The first-order valence-electron chi connectivity index (χ1n) is 8.53. The number of thiophene rings is 1. The van der Waals surface area contributed by atoms with E-state index in [9.17, 15) is 17.6 Å². The Morgan fingerprint density at radius 1 is 1.31 bits per heavy atom. The van der Waals surface area contributed by atoms with Crippen LogP contribution < -0.4 is 4.31 Å². The average Bonchev–Trinajstić information content (AvgIpc) is 3.31. The quantitative estimate of drug-likeness (QED) is 0.563. The van der Waals surface area contributed by atoms with Gasteiger partial charge in [0.2, 0.25) is 27.6 Å². The molecule has 29 heavy (non-hydrogen) atoms. The molecular formula is C18H19FN4O4S2. The molecule has 2 aromatic heterocycles. The molecule has 0 aliphatic heterocycles. The lowest BCUT2D eigenvalue weighted by molar-refractivity contribution is -0.131. The molecule has 1 unspecified atom stereocenters. The van der Waals surface area contributed by atoms with Gasteiger partial charge in [-0.1, -0.05) is 17.3 Å². The van der Waals surface area contributed by atoms with Crippen molar-refractivity contribution in [1.82, 2.24) is 15.0 Å². The Kier molecular flexibility index (Phi) is 5.99. The molecule has 0 radical (unpaired) electrons. The van der Waals surface area contributed by atoms with E-state index >= 15 is 0 Å². The van der Waals surface area contributed by atoms with E-state index in [0.29, 0.717) is 5.82 Å². The summed E-state index contributed by atoms with van der Waals surface area (Å²) in [5.41, 5.74) is 0.0690. The second kappa shape index (κ2) is 8.29. The Morgan fingerprint density at radius 2 is 2.07 bits per heavy atom. The largest absolute Gasteiger partial charge is 0.337 e. The number of carbonyl (C=O) groups excluding carboxylic acids is 1. The number of likely N-dealkylation sites (N-methyl/N-ethyl adjacent to an activating group) is 1. The first-order valence-corrected chi connectivity index (χ1v) is 11.3. The second-order valence-electron chi connectivity index (χ2n) is 6.40. The van der Waals surface area contributed by atoms with Gasteiger partial charge in [-0.2, -0.15) is 4.98 Å². The molecule has 0 saturated carbocycles. The van der Waals surface area contributed by atoms with E-state index in [2.05, 4.69) is 10.1 Å². The number of hydrogen-bond acceptors (Lipinski definition) is 7. The highest BCUT2D eigenvalue weighted by Crippen LogP contribution is 2.24. The van der Waals surface area contributed by atoms with Crippen LogP contribution in [0.3, 0.4) is 0 Å². The molecular weight excluding hydrogens is 419 g/mol. The minimum atomic E-state index is -3.84. The van der Waals surface area contributed by atoms with Crippen LogP contribution in [0, 0.1) is 5.82 Å². The number of amides is 1. The smallest absolute Gasteiger partial charge is 0.246 e. The summed E-state index contributed by atoms with van der Waals surface area (Å²) < 4.78 is 44.3. The van der Waals surface area contributed by atoms with Crippen molar-refractivity contribution in [2.24, 2.45) is 0 Å². The summed E-state index contributed by atoms with van der Waals surface area (Å²) >= 11 is 1.46. The molecule has 3 aromatic rings. The van der Waals surface area contributed by atoms with Crippen molar-refractivity contribution in [3.63, 3.8) is 0 Å². The van der Waals surface area contributed by atoms with Gasteiger partial charge in [0.15, 0.2) is 0 Å². The summed E-state index contributed by atoms with van der Waals surface area (Å²) in [6.07, 6.45) is 0.965. The predicted octanol–water partition coefficient (Wildman–Crippen LogP) is 2.75. The normalized spacial score (nSPS) is 12.6. The van der Waals surface area contributed by atoms with E-state index in [1.807, 2.05) is 17.5 Å². The van der Waals surface area contributed by atoms with Gasteiger partial charge in [0.1, 0.15) is 11.9 Å². The van der Waals surface area contributed by atoms with Crippen LogP contribution in [0.2, 0.25) is 0 Å². The molecule has 1 amide bonds. The highest BCUT2D eigenvalue weighted by Gasteiger charge is 2.31. The number of benzene rings is 1. The Hall–Kier alpha value is -2.79. The summed E-state index contributed by atoms with van der Waals surface area (Å²) in [4.78, 5) is 19.2. The van der Waals surface area contributed by atoms with E-state index in [1.165, 1.54) is 48.4 Å². The molecule has 0 spiro atoms. The van der Waals surface area contributed by atoms with Crippen LogP contribution in [0.5, 0.6) is 0 Å². The third-order valence-electron chi connectivity index (χ3n) is 4.09. The Balaban J connectivity index is 1.78. The minimum absolute atomic E-state index is 0.00228. The van der Waals surface area contributed by atoms with Crippen molar-refractivity contribution in [1.29, 1.82) is 0 Å². The molecule has 0 aliphatic carbocycles. The van der Waals surface area contributed by atoms with Crippen LogP contribution in [0.1, 0.15) is 12.8 Å². The Labute approximate surface area is 171 Å². The topological polar surface area (TPSA) is 96.6 Å². The molecule has 0 bridgehead atoms. The van der Waals surface area contributed by atoms with Crippen LogP contribution in [-0.4, -0.2) is 48.7 Å². The highest BCUT2D eigenvalue weighted by atomic mass is 32.2. The van der Waals surface area contributed by atoms with E-state index in [4.69, 9.17) is 4.52 Å². The van der Waals surface area contributed by atoms with Gasteiger partial charge in [0.05, 0.1) is 23.4 Å². The highest BCUT2D eigenvalue weighted by molar-refractivity contribution is 7.92. The monoisotopic (exact) mass is 438 g/mol. The van der Waals surface area contributed by atoms with E-state index < -0.39 is 27.8 Å². The molecule has 0 saturated heterocycles. The molecule has 0 aliphatic rings. The number of anilines is 1. The summed E-state index contributed by atoms with van der Waals surface area (Å²) in [5.74, 6) is -0.471. The molecule has 1 aromatic carbocycles. The van der Waals surface area contributed by atoms with E-state index in [-0.39, 0.29) is 18.1 Å². The standard InChI is InChI=1S/C18H19FN4O4S2/c1-12(23(29(3,25)26)14-7-4-6-13(19)10-14)18(24)22(2)11-16-20-17(21-27-16)15-8-5-9-28-15/h4-10,12H,11H2,1-3H3. The van der Waals surface area contributed by atoms with Gasteiger partial charge in [-0.3, -0.25) is 9.10 Å². The number of nitrogens with zero attached hydrogens (tertiary/aromatic N) is 4. The summed E-state index contributed by atoms with van der Waals surface area (Å²) in [7, 11) is -2.34. The SMILES string of the molecule is CC(C(=O)N(C)Cc1nc(-c2cccs2)no1)N(c1cccc(F)c1)S(C)(=O)=O. The fourth-order valence-electron chi connectivity index (χ4n) is 2.84. The fraction of sp³-hybridized carbons (Fsp3) is 0.278. The minimum Gasteiger partial charge on any atom is -0.337 e. The van der Waals surface area contributed by atoms with Gasteiger partial charge in [-0.05, 0) is 36.6 Å². The number of hydrogen-bond donors (Lipinski definition) is 0. The van der Waals surface area contributed by atoms with Crippen LogP contribution in [0.15, 0.2) is 46.3 Å². The number of rotatable bonds is 7. The molecule has 3 rings (SSSR count). The second-order valence-corrected chi connectivity index (χ2v) is 9.21.